The predicted molar refractivity (Wildman–Crippen MR) is 121 cm³/mol. The first-order valence-electron chi connectivity index (χ1n) is 9.75. The molecular weight excluding hydrogens is 464 g/mol. The quantitative estimate of drug-likeness (QED) is 0.524. The number of nitrogens with zero attached hydrogens (tertiary/aromatic N) is 3. The summed E-state index contributed by atoms with van der Waals surface area (Å²) in [7, 11) is 0. The number of aryl methyl sites for hydroxylation is 1. The van der Waals surface area contributed by atoms with Crippen LogP contribution in [0.5, 0.6) is 0 Å². The lowest BCUT2D eigenvalue weighted by atomic mass is 10.2. The number of nitrogens with two attached hydrogens (primary N) is 1. The molecule has 0 radical (unpaired) electrons. The normalized spacial score (nSPS) is 15.8. The van der Waals surface area contributed by atoms with Crippen molar-refractivity contribution in [2.24, 2.45) is 5.73 Å². The number of hydrogen-bond acceptors (Lipinski definition) is 4. The molecule has 1 saturated heterocycles. The summed E-state index contributed by atoms with van der Waals surface area (Å²) in [5.41, 5.74) is 7.77. The van der Waals surface area contributed by atoms with Gasteiger partial charge in [0.15, 0.2) is 0 Å². The number of pyridine rings is 1. The van der Waals surface area contributed by atoms with Gasteiger partial charge in [0.2, 0.25) is 5.91 Å². The van der Waals surface area contributed by atoms with Gasteiger partial charge in [0.1, 0.15) is 6.04 Å². The topological polar surface area (TPSA) is 122 Å². The standard InChI is InChI=1S/C21H21BrN6O3/c1-12-15(9-13(22)10-24-12)25-19(29)18-7-4-8-27(18)21(31)26-16-11-28(20(23)30)17-6-3-2-5-14(16)17/h2-3,5-6,9-11,18H,4,7-8H2,1H3,(H2,23,30)(H,25,29)(H,26,31)/t18-/m0/s1. The number of para-hydroxylation sites is 1. The monoisotopic (exact) mass is 484 g/mol. The fraction of sp³-hybridized carbons (Fsp3) is 0.238. The van der Waals surface area contributed by atoms with Crippen LogP contribution in [0.3, 0.4) is 0 Å². The fourth-order valence-corrected chi connectivity index (χ4v) is 4.11. The van der Waals surface area contributed by atoms with Crippen molar-refractivity contribution in [2.75, 3.05) is 17.2 Å². The number of urea groups is 1. The number of carbonyl (C=O) groups is 3. The van der Waals surface area contributed by atoms with Crippen LogP contribution in [0.2, 0.25) is 0 Å². The molecular formula is C21H21BrN6O3. The highest BCUT2D eigenvalue weighted by molar-refractivity contribution is 9.10. The van der Waals surface area contributed by atoms with Crippen molar-refractivity contribution in [2.45, 2.75) is 25.8 Å². The van der Waals surface area contributed by atoms with Crippen molar-refractivity contribution in [3.63, 3.8) is 0 Å². The van der Waals surface area contributed by atoms with Crippen LogP contribution in [-0.4, -0.2) is 45.0 Å². The van der Waals surface area contributed by atoms with Crippen LogP contribution in [0, 0.1) is 6.92 Å². The first-order chi connectivity index (χ1) is 14.8. The Morgan fingerprint density at radius 3 is 2.74 bits per heavy atom. The number of halogens is 1. The second-order valence-electron chi connectivity index (χ2n) is 7.33. The van der Waals surface area contributed by atoms with Crippen molar-refractivity contribution in [3.8, 4) is 0 Å². The molecule has 1 aliphatic heterocycles. The van der Waals surface area contributed by atoms with Gasteiger partial charge >= 0.3 is 12.1 Å². The van der Waals surface area contributed by atoms with Gasteiger partial charge in [-0.05, 0) is 47.8 Å². The van der Waals surface area contributed by atoms with Gasteiger partial charge in [0, 0.05) is 28.8 Å². The zero-order valence-corrected chi connectivity index (χ0v) is 18.3. The molecule has 1 aromatic carbocycles. The average Bonchev–Trinajstić information content (AvgIpc) is 3.36. The molecule has 160 valence electrons. The van der Waals surface area contributed by atoms with E-state index in [4.69, 9.17) is 5.73 Å². The Kier molecular flexibility index (Phi) is 5.64. The third-order valence-corrected chi connectivity index (χ3v) is 5.75. The van der Waals surface area contributed by atoms with Crippen LogP contribution in [-0.2, 0) is 4.79 Å². The summed E-state index contributed by atoms with van der Waals surface area (Å²) in [5, 5.41) is 6.39. The molecule has 4 N–H and O–H groups in total. The Balaban J connectivity index is 1.53. The van der Waals surface area contributed by atoms with Gasteiger partial charge in [-0.25, -0.2) is 9.59 Å². The molecule has 3 heterocycles. The first kappa shape index (κ1) is 20.9. The largest absolute Gasteiger partial charge is 0.351 e. The number of carbonyl (C=O) groups excluding carboxylic acids is 3. The molecule has 0 aliphatic carbocycles. The Hall–Kier alpha value is -3.40. The van der Waals surface area contributed by atoms with Gasteiger partial charge < -0.3 is 21.3 Å². The molecule has 1 atom stereocenters. The maximum absolute atomic E-state index is 13.0. The Labute approximate surface area is 186 Å². The summed E-state index contributed by atoms with van der Waals surface area (Å²) in [4.78, 5) is 43.4. The first-order valence-corrected chi connectivity index (χ1v) is 10.5. The van der Waals surface area contributed by atoms with Crippen molar-refractivity contribution in [1.29, 1.82) is 0 Å². The van der Waals surface area contributed by atoms with Crippen LogP contribution in [0.1, 0.15) is 18.5 Å². The van der Waals surface area contributed by atoms with Gasteiger partial charge in [-0.1, -0.05) is 18.2 Å². The molecule has 0 spiro atoms. The SMILES string of the molecule is Cc1ncc(Br)cc1NC(=O)[C@@H]1CCCN1C(=O)Nc1cn(C(N)=O)c2ccccc12. The number of aromatic nitrogens is 2. The molecule has 0 unspecified atom stereocenters. The number of fused-ring (bicyclic) bond motifs is 1. The number of primary amides is 1. The molecule has 1 fully saturated rings. The molecule has 0 bridgehead atoms. The van der Waals surface area contributed by atoms with E-state index in [1.165, 1.54) is 15.7 Å². The molecule has 2 aromatic heterocycles. The van der Waals surface area contributed by atoms with E-state index in [1.54, 1.807) is 37.4 Å². The van der Waals surface area contributed by atoms with E-state index in [9.17, 15) is 14.4 Å². The van der Waals surface area contributed by atoms with E-state index in [0.29, 0.717) is 47.4 Å². The maximum Gasteiger partial charge on any atom is 0.323 e. The lowest BCUT2D eigenvalue weighted by Gasteiger charge is -2.24. The van der Waals surface area contributed by atoms with Gasteiger partial charge in [-0.3, -0.25) is 14.3 Å². The van der Waals surface area contributed by atoms with Gasteiger partial charge in [-0.15, -0.1) is 0 Å². The van der Waals surface area contributed by atoms with Gasteiger partial charge in [0.05, 0.1) is 22.6 Å². The third kappa shape index (κ3) is 4.11. The van der Waals surface area contributed by atoms with E-state index >= 15 is 0 Å². The zero-order valence-electron chi connectivity index (χ0n) is 16.8. The van der Waals surface area contributed by atoms with E-state index in [2.05, 4.69) is 31.5 Å². The second-order valence-corrected chi connectivity index (χ2v) is 8.24. The van der Waals surface area contributed by atoms with E-state index in [0.717, 1.165) is 4.47 Å². The summed E-state index contributed by atoms with van der Waals surface area (Å²) in [6, 6.07) is 7.25. The fourth-order valence-electron chi connectivity index (χ4n) is 3.78. The van der Waals surface area contributed by atoms with Crippen LogP contribution < -0.4 is 16.4 Å². The minimum atomic E-state index is -0.645. The zero-order chi connectivity index (χ0) is 22.1. The van der Waals surface area contributed by atoms with Gasteiger partial charge in [-0.2, -0.15) is 0 Å². The van der Waals surface area contributed by atoms with Crippen molar-refractivity contribution < 1.29 is 14.4 Å². The number of benzene rings is 1. The van der Waals surface area contributed by atoms with E-state index in [-0.39, 0.29) is 5.91 Å². The maximum atomic E-state index is 13.0. The minimum absolute atomic E-state index is 0.268. The predicted octanol–water partition coefficient (Wildman–Crippen LogP) is 3.67. The molecule has 31 heavy (non-hydrogen) atoms. The highest BCUT2D eigenvalue weighted by atomic mass is 79.9. The summed E-state index contributed by atoms with van der Waals surface area (Å²) >= 11 is 3.35. The molecule has 4 rings (SSSR count). The van der Waals surface area contributed by atoms with E-state index < -0.39 is 18.1 Å². The highest BCUT2D eigenvalue weighted by Crippen LogP contribution is 2.28. The Morgan fingerprint density at radius 1 is 1.19 bits per heavy atom. The average molecular weight is 485 g/mol. The van der Waals surface area contributed by atoms with Gasteiger partial charge in [0.25, 0.3) is 0 Å². The Morgan fingerprint density at radius 2 is 1.97 bits per heavy atom. The summed E-state index contributed by atoms with van der Waals surface area (Å²) in [6.45, 7) is 2.25. The van der Waals surface area contributed by atoms with Crippen LogP contribution in [0.4, 0.5) is 21.0 Å². The number of hydrogen-bond donors (Lipinski definition) is 3. The number of amides is 4. The number of anilines is 2. The summed E-state index contributed by atoms with van der Waals surface area (Å²) < 4.78 is 2.03. The van der Waals surface area contributed by atoms with Crippen LogP contribution >= 0.6 is 15.9 Å². The molecule has 9 nitrogen and oxygen atoms in total. The number of likely N-dealkylation sites (tertiary alicyclic amines) is 1. The van der Waals surface area contributed by atoms with E-state index in [1.807, 2.05) is 6.07 Å². The lowest BCUT2D eigenvalue weighted by molar-refractivity contribution is -0.119. The molecule has 10 heteroatoms. The third-order valence-electron chi connectivity index (χ3n) is 5.32. The lowest BCUT2D eigenvalue weighted by Crippen LogP contribution is -2.45. The summed E-state index contributed by atoms with van der Waals surface area (Å²) in [6.07, 6.45) is 4.42. The summed E-state index contributed by atoms with van der Waals surface area (Å²) in [5.74, 6) is -0.268. The second kappa shape index (κ2) is 8.38. The van der Waals surface area contributed by atoms with Crippen molar-refractivity contribution in [1.82, 2.24) is 14.5 Å². The Bertz CT molecular complexity index is 1190. The van der Waals surface area contributed by atoms with Crippen molar-refractivity contribution in [3.05, 3.63) is 52.9 Å². The van der Waals surface area contributed by atoms with Crippen LogP contribution in [0.15, 0.2) is 47.2 Å². The number of nitrogens with one attached hydrogen (secondary N) is 2. The molecule has 1 aliphatic rings. The smallest absolute Gasteiger partial charge is 0.323 e. The molecule has 0 saturated carbocycles. The molecule has 4 amide bonds. The minimum Gasteiger partial charge on any atom is -0.351 e. The number of rotatable bonds is 3. The van der Waals surface area contributed by atoms with Crippen molar-refractivity contribution >= 4 is 56.2 Å². The molecule has 3 aromatic rings. The highest BCUT2D eigenvalue weighted by Gasteiger charge is 2.34. The van der Waals surface area contributed by atoms with Crippen LogP contribution in [0.25, 0.3) is 10.9 Å².